The molecule has 2 heterocycles. The molecular weight excluding hydrogens is 506 g/mol. The molecule has 4 rings (SSSR count). The van der Waals surface area contributed by atoms with Crippen molar-refractivity contribution < 1.29 is 14.6 Å². The number of anilines is 4. The van der Waals surface area contributed by atoms with E-state index in [-0.39, 0.29) is 5.92 Å². The summed E-state index contributed by atoms with van der Waals surface area (Å²) in [6, 6.07) is 15.8. The summed E-state index contributed by atoms with van der Waals surface area (Å²) in [5.74, 6) is 1.38. The second kappa shape index (κ2) is 13.9. The summed E-state index contributed by atoms with van der Waals surface area (Å²) in [6.45, 7) is 11.9. The normalized spacial score (nSPS) is 14.6. The monoisotopic (exact) mass is 547 g/mol. The van der Waals surface area contributed by atoms with Crippen molar-refractivity contribution in [2.75, 3.05) is 68.0 Å². The molecule has 0 aliphatic carbocycles. The average molecular weight is 548 g/mol. The van der Waals surface area contributed by atoms with Crippen molar-refractivity contribution >= 4 is 29.5 Å². The molecule has 0 spiro atoms. The highest BCUT2D eigenvalue weighted by Gasteiger charge is 2.21. The van der Waals surface area contributed by atoms with Crippen LogP contribution in [0, 0.1) is 12.8 Å². The molecule has 0 amide bonds. The van der Waals surface area contributed by atoms with Crippen LogP contribution in [0.25, 0.3) is 0 Å². The number of hydrogen-bond acceptors (Lipinski definition) is 9. The van der Waals surface area contributed by atoms with Gasteiger partial charge < -0.3 is 29.9 Å². The minimum atomic E-state index is -0.757. The van der Waals surface area contributed by atoms with Crippen molar-refractivity contribution in [2.45, 2.75) is 33.6 Å². The Labute approximate surface area is 237 Å². The fourth-order valence-corrected chi connectivity index (χ4v) is 4.56. The van der Waals surface area contributed by atoms with E-state index >= 15 is 0 Å². The van der Waals surface area contributed by atoms with Crippen LogP contribution in [0.3, 0.4) is 0 Å². The topological polar surface area (TPSA) is 107 Å². The summed E-state index contributed by atoms with van der Waals surface area (Å²) in [6.07, 6.45) is 1.12. The van der Waals surface area contributed by atoms with Gasteiger partial charge in [-0.15, -0.1) is 0 Å². The van der Waals surface area contributed by atoms with Gasteiger partial charge in [0.2, 0.25) is 17.8 Å². The van der Waals surface area contributed by atoms with E-state index in [2.05, 4.69) is 41.1 Å². The smallest absolute Gasteiger partial charge is 0.306 e. The molecule has 1 aromatic heterocycles. The number of carboxylic acid groups (broad SMARTS) is 1. The van der Waals surface area contributed by atoms with Gasteiger partial charge in [-0.3, -0.25) is 4.79 Å². The summed E-state index contributed by atoms with van der Waals surface area (Å²) in [4.78, 5) is 32.2. The molecule has 0 saturated carbocycles. The van der Waals surface area contributed by atoms with E-state index < -0.39 is 5.97 Å². The fraction of sp³-hybridized carbons (Fsp3) is 0.467. The van der Waals surface area contributed by atoms with Gasteiger partial charge in [-0.1, -0.05) is 43.7 Å². The molecule has 10 heteroatoms. The average Bonchev–Trinajstić information content (AvgIpc) is 2.97. The van der Waals surface area contributed by atoms with Crippen LogP contribution in [-0.2, 0) is 11.2 Å². The first-order valence-electron chi connectivity index (χ1n) is 14.1. The minimum Gasteiger partial charge on any atom is -0.492 e. The molecule has 1 fully saturated rings. The number of carboxylic acids is 1. The van der Waals surface area contributed by atoms with Gasteiger partial charge >= 0.3 is 5.97 Å². The standard InChI is InChI=1S/C30H41N7O3/c1-5-24(27(38)39)21-23-9-13-26(14-10-23)40-20-19-35(4)29-32-28(31-25-11-7-22(3)8-12-25)33-30(34-29)37-17-15-36(6-2)16-18-37/h7-14,24H,5-6,15-21H2,1-4H3,(H,38,39)(H,31,32,33,34). The van der Waals surface area contributed by atoms with Crippen molar-refractivity contribution in [1.82, 2.24) is 19.9 Å². The summed E-state index contributed by atoms with van der Waals surface area (Å²) >= 11 is 0. The third kappa shape index (κ3) is 8.05. The molecule has 1 aliphatic rings. The lowest BCUT2D eigenvalue weighted by molar-refractivity contribution is -0.141. The number of nitrogens with zero attached hydrogens (tertiary/aromatic N) is 6. The Hall–Kier alpha value is -3.92. The van der Waals surface area contributed by atoms with Crippen LogP contribution in [0.2, 0.25) is 0 Å². The number of ether oxygens (including phenoxy) is 1. The first-order chi connectivity index (χ1) is 19.3. The van der Waals surface area contributed by atoms with Gasteiger partial charge in [0, 0.05) is 38.9 Å². The number of piperazine rings is 1. The molecule has 2 aromatic carbocycles. The number of rotatable bonds is 13. The van der Waals surface area contributed by atoms with Crippen molar-refractivity contribution in [3.63, 3.8) is 0 Å². The molecular formula is C30H41N7O3. The highest BCUT2D eigenvalue weighted by atomic mass is 16.5. The molecule has 0 bridgehead atoms. The van der Waals surface area contributed by atoms with E-state index in [0.29, 0.717) is 43.8 Å². The van der Waals surface area contributed by atoms with Gasteiger partial charge in [-0.05, 0) is 56.1 Å². The zero-order valence-corrected chi connectivity index (χ0v) is 24.0. The molecule has 0 radical (unpaired) electrons. The summed E-state index contributed by atoms with van der Waals surface area (Å²) in [5.41, 5.74) is 3.11. The highest BCUT2D eigenvalue weighted by molar-refractivity contribution is 5.70. The number of aliphatic carboxylic acids is 1. The third-order valence-electron chi connectivity index (χ3n) is 7.31. The van der Waals surface area contributed by atoms with Gasteiger partial charge in [0.25, 0.3) is 0 Å². The maximum absolute atomic E-state index is 11.3. The molecule has 1 aliphatic heterocycles. The number of nitrogens with one attached hydrogen (secondary N) is 1. The van der Waals surface area contributed by atoms with Gasteiger partial charge in [0.15, 0.2) is 0 Å². The Kier molecular flexibility index (Phi) is 10.1. The SMILES string of the molecule is CCC(Cc1ccc(OCCN(C)c2nc(Nc3ccc(C)cc3)nc(N3CCN(CC)CC3)n2)cc1)C(=O)O. The van der Waals surface area contributed by atoms with Gasteiger partial charge in [0.05, 0.1) is 12.5 Å². The van der Waals surface area contributed by atoms with Gasteiger partial charge in [-0.2, -0.15) is 15.0 Å². The minimum absolute atomic E-state index is 0.369. The van der Waals surface area contributed by atoms with Crippen molar-refractivity contribution in [3.8, 4) is 5.75 Å². The van der Waals surface area contributed by atoms with E-state index in [1.54, 1.807) is 0 Å². The predicted octanol–water partition coefficient (Wildman–Crippen LogP) is 4.23. The van der Waals surface area contributed by atoms with Crippen LogP contribution in [0.4, 0.5) is 23.5 Å². The van der Waals surface area contributed by atoms with Crippen LogP contribution in [0.1, 0.15) is 31.4 Å². The lowest BCUT2D eigenvalue weighted by Gasteiger charge is -2.34. The molecule has 214 valence electrons. The zero-order valence-electron chi connectivity index (χ0n) is 24.0. The van der Waals surface area contributed by atoms with E-state index in [1.165, 1.54) is 5.56 Å². The Bertz CT molecular complexity index is 1230. The number of carbonyl (C=O) groups is 1. The van der Waals surface area contributed by atoms with Crippen molar-refractivity contribution in [2.24, 2.45) is 5.92 Å². The number of aryl methyl sites for hydroxylation is 1. The van der Waals surface area contributed by atoms with Crippen LogP contribution < -0.4 is 19.9 Å². The van der Waals surface area contributed by atoms with E-state index in [4.69, 9.17) is 19.7 Å². The highest BCUT2D eigenvalue weighted by Crippen LogP contribution is 2.21. The Morgan fingerprint density at radius 3 is 2.35 bits per heavy atom. The molecule has 10 nitrogen and oxygen atoms in total. The number of likely N-dealkylation sites (N-methyl/N-ethyl adjacent to an activating group) is 2. The first kappa shape index (κ1) is 29.1. The Morgan fingerprint density at radius 2 is 1.73 bits per heavy atom. The van der Waals surface area contributed by atoms with E-state index in [1.807, 2.05) is 55.3 Å². The van der Waals surface area contributed by atoms with Crippen molar-refractivity contribution in [1.29, 1.82) is 0 Å². The van der Waals surface area contributed by atoms with E-state index in [0.717, 1.165) is 49.7 Å². The number of hydrogen-bond donors (Lipinski definition) is 2. The molecule has 3 aromatic rings. The summed E-state index contributed by atoms with van der Waals surface area (Å²) in [7, 11) is 1.95. The third-order valence-corrected chi connectivity index (χ3v) is 7.31. The summed E-state index contributed by atoms with van der Waals surface area (Å²) < 4.78 is 5.98. The van der Waals surface area contributed by atoms with Crippen LogP contribution in [0.5, 0.6) is 5.75 Å². The maximum Gasteiger partial charge on any atom is 0.306 e. The van der Waals surface area contributed by atoms with Crippen LogP contribution in [-0.4, -0.2) is 83.9 Å². The molecule has 1 saturated heterocycles. The number of benzene rings is 2. The maximum atomic E-state index is 11.3. The number of aromatic nitrogens is 3. The second-order valence-electron chi connectivity index (χ2n) is 10.2. The lowest BCUT2D eigenvalue weighted by atomic mass is 9.97. The molecule has 2 N–H and O–H groups in total. The largest absolute Gasteiger partial charge is 0.492 e. The fourth-order valence-electron chi connectivity index (χ4n) is 4.56. The zero-order chi connectivity index (χ0) is 28.5. The lowest BCUT2D eigenvalue weighted by Crippen LogP contribution is -2.47. The summed E-state index contributed by atoms with van der Waals surface area (Å²) in [5, 5.41) is 12.7. The van der Waals surface area contributed by atoms with Crippen LogP contribution in [0.15, 0.2) is 48.5 Å². The molecule has 1 unspecified atom stereocenters. The van der Waals surface area contributed by atoms with Crippen LogP contribution >= 0.6 is 0 Å². The Morgan fingerprint density at radius 1 is 1.02 bits per heavy atom. The van der Waals surface area contributed by atoms with Gasteiger partial charge in [0.1, 0.15) is 12.4 Å². The Balaban J connectivity index is 1.41. The second-order valence-corrected chi connectivity index (χ2v) is 10.2. The van der Waals surface area contributed by atoms with E-state index in [9.17, 15) is 9.90 Å². The van der Waals surface area contributed by atoms with Gasteiger partial charge in [-0.25, -0.2) is 0 Å². The first-order valence-corrected chi connectivity index (χ1v) is 14.1. The predicted molar refractivity (Wildman–Crippen MR) is 159 cm³/mol. The molecule has 40 heavy (non-hydrogen) atoms. The quantitative estimate of drug-likeness (QED) is 0.323. The van der Waals surface area contributed by atoms with Crippen molar-refractivity contribution in [3.05, 3.63) is 59.7 Å². The molecule has 1 atom stereocenters.